The van der Waals surface area contributed by atoms with Gasteiger partial charge < -0.3 is 15.6 Å². The minimum Gasteiger partial charge on any atom is -0.382 e. The molecular formula is C40H34ClF6N9O. The van der Waals surface area contributed by atoms with E-state index in [4.69, 9.17) is 22.3 Å². The smallest absolute Gasteiger partial charge is 0.293 e. The number of hydrogen-bond donors (Lipinski definition) is 2. The van der Waals surface area contributed by atoms with E-state index in [1.54, 1.807) is 43.7 Å². The first kappa shape index (κ1) is 38.1. The highest BCUT2D eigenvalue weighted by molar-refractivity contribution is 6.37. The monoisotopic (exact) mass is 805 g/mol. The summed E-state index contributed by atoms with van der Waals surface area (Å²) in [6.07, 6.45) is 0.112. The molecule has 3 atom stereocenters. The average Bonchev–Trinajstić information content (AvgIpc) is 3.36. The molecule has 2 aliphatic rings. The number of nitrogens with zero attached hydrogens (tertiary/aromatic N) is 7. The van der Waals surface area contributed by atoms with Crippen LogP contribution < -0.4 is 11.1 Å². The minimum atomic E-state index is -3.46. The van der Waals surface area contributed by atoms with Crippen molar-refractivity contribution in [3.05, 3.63) is 111 Å². The molecule has 6 aromatic rings. The van der Waals surface area contributed by atoms with Crippen LogP contribution >= 0.6 is 11.6 Å². The lowest BCUT2D eigenvalue weighted by Crippen LogP contribution is -2.35. The van der Waals surface area contributed by atoms with Crippen LogP contribution in [0.15, 0.2) is 54.9 Å². The molecule has 4 aromatic heterocycles. The van der Waals surface area contributed by atoms with Crippen LogP contribution in [0.2, 0.25) is 5.02 Å². The number of nitrogens with one attached hydrogen (secondary N) is 1. The zero-order valence-corrected chi connectivity index (χ0v) is 31.6. The summed E-state index contributed by atoms with van der Waals surface area (Å²) in [5.74, 6) is -0.877. The lowest BCUT2D eigenvalue weighted by atomic mass is 9.92. The van der Waals surface area contributed by atoms with Crippen molar-refractivity contribution < 1.29 is 31.1 Å². The topological polar surface area (TPSA) is 121 Å². The van der Waals surface area contributed by atoms with Crippen LogP contribution in [0.3, 0.4) is 0 Å². The summed E-state index contributed by atoms with van der Waals surface area (Å²) in [6.45, 7) is 2.91. The Balaban J connectivity index is 1.27. The molecule has 0 aliphatic heterocycles. The second kappa shape index (κ2) is 13.7. The summed E-state index contributed by atoms with van der Waals surface area (Å²) in [4.78, 5) is 23.3. The van der Waals surface area contributed by atoms with Gasteiger partial charge >= 0.3 is 0 Å². The molecule has 0 spiro atoms. The summed E-state index contributed by atoms with van der Waals surface area (Å²) >= 11 is 6.57. The van der Waals surface area contributed by atoms with Crippen LogP contribution in [0, 0.1) is 29.4 Å². The van der Waals surface area contributed by atoms with Crippen molar-refractivity contribution in [1.82, 2.24) is 39.4 Å². The fourth-order valence-electron chi connectivity index (χ4n) is 8.04. The fraction of sp³-hybridized carbons (Fsp3) is 0.325. The number of amides is 1. The van der Waals surface area contributed by atoms with Crippen molar-refractivity contribution >= 4 is 34.2 Å². The molecule has 1 fully saturated rings. The Bertz CT molecular complexity index is 2650. The molecule has 0 unspecified atom stereocenters. The standard InChI is InChI=1S/C40H34ClF6N9O/c1-39(2,38-49-11-12-54(38)3)10-9-22-5-6-23(24-7-8-27(41)31-34(24)55(4)53-37(31)48)32(50-22)28(15-19-13-20(42)16-21(43)14-19)51-29(57)18-56-35-30(33(52-56)36(44)45)25-17-26(25)40(35,46)47/h5-8,11-14,16,25-26,28,36H,15,17-18H2,1-4H3,(H2,48,53)(H,51,57)/t25-,26+,28-/m0/s1. The van der Waals surface area contributed by atoms with Gasteiger partial charge in [-0.2, -0.15) is 19.0 Å². The van der Waals surface area contributed by atoms with Crippen molar-refractivity contribution in [2.45, 2.75) is 63.0 Å². The molecule has 0 saturated heterocycles. The van der Waals surface area contributed by atoms with Gasteiger partial charge in [0.15, 0.2) is 5.82 Å². The van der Waals surface area contributed by atoms with Crippen LogP contribution in [-0.2, 0) is 43.2 Å². The first-order chi connectivity index (χ1) is 26.9. The lowest BCUT2D eigenvalue weighted by molar-refractivity contribution is -0.123. The van der Waals surface area contributed by atoms with Gasteiger partial charge in [0.05, 0.1) is 33.1 Å². The van der Waals surface area contributed by atoms with E-state index < -0.39 is 71.1 Å². The number of aryl methyl sites for hydroxylation is 2. The highest BCUT2D eigenvalue weighted by Crippen LogP contribution is 2.68. The molecule has 294 valence electrons. The number of anilines is 1. The molecule has 0 bridgehead atoms. The molecule has 1 saturated carbocycles. The number of halogens is 7. The van der Waals surface area contributed by atoms with Crippen molar-refractivity contribution in [2.75, 3.05) is 5.73 Å². The minimum absolute atomic E-state index is 0.0523. The van der Waals surface area contributed by atoms with Gasteiger partial charge in [-0.3, -0.25) is 14.2 Å². The van der Waals surface area contributed by atoms with E-state index in [-0.39, 0.29) is 41.2 Å². The number of carbonyl (C=O) groups excluding carboxylic acids is 1. The number of nitrogen functional groups attached to an aromatic ring is 1. The molecule has 57 heavy (non-hydrogen) atoms. The maximum atomic E-state index is 15.4. The Morgan fingerprint density at radius 2 is 1.79 bits per heavy atom. The number of imidazole rings is 1. The van der Waals surface area contributed by atoms with Crippen LogP contribution in [0.25, 0.3) is 22.0 Å². The number of hydrogen-bond acceptors (Lipinski definition) is 6. The number of nitrogens with two attached hydrogens (primary N) is 1. The molecular weight excluding hydrogens is 772 g/mol. The van der Waals surface area contributed by atoms with E-state index in [9.17, 15) is 22.4 Å². The molecule has 4 heterocycles. The molecule has 0 radical (unpaired) electrons. The maximum Gasteiger partial charge on any atom is 0.293 e. The van der Waals surface area contributed by atoms with Gasteiger partial charge in [0.1, 0.15) is 41.1 Å². The second-order valence-electron chi connectivity index (χ2n) is 15.0. The van der Waals surface area contributed by atoms with E-state index in [1.807, 2.05) is 25.5 Å². The van der Waals surface area contributed by atoms with Gasteiger partial charge in [-0.25, -0.2) is 27.5 Å². The quantitative estimate of drug-likeness (QED) is 0.114. The van der Waals surface area contributed by atoms with Crippen LogP contribution in [0.1, 0.15) is 78.4 Å². The Morgan fingerprint density at radius 1 is 1.07 bits per heavy atom. The summed E-state index contributed by atoms with van der Waals surface area (Å²) in [5, 5.41) is 11.7. The van der Waals surface area contributed by atoms with E-state index in [1.165, 1.54) is 4.68 Å². The predicted molar refractivity (Wildman–Crippen MR) is 199 cm³/mol. The summed E-state index contributed by atoms with van der Waals surface area (Å²) in [6, 6.07) is 8.35. The molecule has 8 rings (SSSR count). The van der Waals surface area contributed by atoms with E-state index >= 15 is 8.78 Å². The Morgan fingerprint density at radius 3 is 2.47 bits per heavy atom. The molecule has 2 aromatic carbocycles. The Labute approximate surface area is 327 Å². The molecule has 2 aliphatic carbocycles. The van der Waals surface area contributed by atoms with Gasteiger partial charge in [0.2, 0.25) is 5.91 Å². The Kier molecular flexibility index (Phi) is 9.14. The molecule has 3 N–H and O–H groups in total. The van der Waals surface area contributed by atoms with Gasteiger partial charge in [0.25, 0.3) is 12.3 Å². The SMILES string of the molecule is Cn1ccnc1C(C)(C)C#Cc1ccc(-c2ccc(Cl)c3c(N)nn(C)c23)c([C@H](Cc2cc(F)cc(F)c2)NC(=O)Cn2nc(C(F)F)c3c2C(F)(F)[C@@H]2C[C@H]32)n1. The third-order valence-corrected chi connectivity index (χ3v) is 10.9. The van der Waals surface area contributed by atoms with Crippen LogP contribution in [-0.4, -0.2) is 40.0 Å². The summed E-state index contributed by atoms with van der Waals surface area (Å²) in [5.41, 5.74) is 5.78. The summed E-state index contributed by atoms with van der Waals surface area (Å²) in [7, 11) is 3.50. The zero-order valence-electron chi connectivity index (χ0n) is 30.9. The highest BCUT2D eigenvalue weighted by atomic mass is 35.5. The van der Waals surface area contributed by atoms with E-state index in [2.05, 4.69) is 32.3 Å². The first-order valence-electron chi connectivity index (χ1n) is 17.9. The number of carbonyl (C=O) groups is 1. The van der Waals surface area contributed by atoms with Crippen LogP contribution in [0.4, 0.5) is 32.2 Å². The number of alkyl halides is 4. The largest absolute Gasteiger partial charge is 0.382 e. The van der Waals surface area contributed by atoms with Gasteiger partial charge in [-0.1, -0.05) is 23.6 Å². The average molecular weight is 806 g/mol. The van der Waals surface area contributed by atoms with Gasteiger partial charge in [-0.15, -0.1) is 0 Å². The second-order valence-corrected chi connectivity index (χ2v) is 15.4. The number of rotatable bonds is 9. The fourth-order valence-corrected chi connectivity index (χ4v) is 8.29. The third-order valence-electron chi connectivity index (χ3n) is 10.6. The Hall–Kier alpha value is -5.82. The first-order valence-corrected chi connectivity index (χ1v) is 18.3. The van der Waals surface area contributed by atoms with Crippen molar-refractivity contribution in [3.8, 4) is 23.0 Å². The normalized spacial score (nSPS) is 17.3. The van der Waals surface area contributed by atoms with E-state index in [0.29, 0.717) is 43.6 Å². The molecule has 17 heteroatoms. The molecule has 10 nitrogen and oxygen atoms in total. The van der Waals surface area contributed by atoms with Gasteiger partial charge in [0, 0.05) is 55.2 Å². The number of benzene rings is 2. The predicted octanol–water partition coefficient (Wildman–Crippen LogP) is 7.66. The lowest BCUT2D eigenvalue weighted by Gasteiger charge is -2.23. The number of aromatic nitrogens is 7. The van der Waals surface area contributed by atoms with Crippen molar-refractivity contribution in [2.24, 2.45) is 20.0 Å². The molecule has 1 amide bonds. The number of fused-ring (bicyclic) bond motifs is 4. The van der Waals surface area contributed by atoms with Crippen molar-refractivity contribution in [1.29, 1.82) is 0 Å². The zero-order chi connectivity index (χ0) is 40.7. The van der Waals surface area contributed by atoms with Crippen LogP contribution in [0.5, 0.6) is 0 Å². The summed E-state index contributed by atoms with van der Waals surface area (Å²) < 4.78 is 92.2. The van der Waals surface area contributed by atoms with Crippen molar-refractivity contribution in [3.63, 3.8) is 0 Å². The highest BCUT2D eigenvalue weighted by Gasteiger charge is 2.67. The van der Waals surface area contributed by atoms with E-state index in [0.717, 1.165) is 12.1 Å². The third kappa shape index (κ3) is 6.67. The number of pyridine rings is 1. The maximum absolute atomic E-state index is 15.4. The van der Waals surface area contributed by atoms with Gasteiger partial charge in [-0.05, 0) is 74.4 Å².